The van der Waals surface area contributed by atoms with Crippen molar-refractivity contribution in [3.63, 3.8) is 0 Å². The van der Waals surface area contributed by atoms with Gasteiger partial charge in [-0.25, -0.2) is 4.98 Å². The van der Waals surface area contributed by atoms with Crippen LogP contribution in [0.15, 0.2) is 162 Å². The molecule has 0 radical (unpaired) electrons. The number of aromatic nitrogens is 1. The molecule has 0 aliphatic carbocycles. The number of thiazole rings is 1. The Labute approximate surface area is 362 Å². The Morgan fingerprint density at radius 1 is 0.850 bits per heavy atom. The highest BCUT2D eigenvalue weighted by molar-refractivity contribution is 8.00. The van der Waals surface area contributed by atoms with Crippen LogP contribution in [0.25, 0.3) is 0 Å². The first-order valence-corrected chi connectivity index (χ1v) is 22.0. The number of nitrogens with zero attached hydrogens (tertiary/aromatic N) is 3. The summed E-state index contributed by atoms with van der Waals surface area (Å²) in [4.78, 5) is 53.8. The van der Waals surface area contributed by atoms with E-state index in [4.69, 9.17) is 26.2 Å². The predicted molar refractivity (Wildman–Crippen MR) is 237 cm³/mol. The third-order valence-corrected chi connectivity index (χ3v) is 13.6. The van der Waals surface area contributed by atoms with Gasteiger partial charge in [-0.05, 0) is 34.7 Å². The predicted octanol–water partition coefficient (Wildman–Crippen LogP) is 8.25. The van der Waals surface area contributed by atoms with Crippen molar-refractivity contribution in [1.82, 2.24) is 15.2 Å². The van der Waals surface area contributed by atoms with Crippen LogP contribution in [0, 0.1) is 5.41 Å². The van der Waals surface area contributed by atoms with E-state index in [9.17, 15) is 14.4 Å². The molecule has 2 aliphatic rings. The molecule has 0 bridgehead atoms. The number of benzene rings is 5. The van der Waals surface area contributed by atoms with E-state index in [0.717, 1.165) is 27.8 Å². The first-order chi connectivity index (χ1) is 29.4. The average Bonchev–Trinajstić information content (AvgIpc) is 3.78. The summed E-state index contributed by atoms with van der Waals surface area (Å²) in [5.74, 6) is -1.19. The molecule has 13 heteroatoms. The first kappa shape index (κ1) is 40.8. The van der Waals surface area contributed by atoms with E-state index in [1.165, 1.54) is 23.1 Å². The molecule has 1 aromatic heterocycles. The van der Waals surface area contributed by atoms with Gasteiger partial charge in [-0.1, -0.05) is 157 Å². The molecule has 2 aliphatic heterocycles. The lowest BCUT2D eigenvalue weighted by atomic mass is 9.77. The summed E-state index contributed by atoms with van der Waals surface area (Å²) in [6, 6.07) is 48.6. The van der Waals surface area contributed by atoms with E-state index in [1.807, 2.05) is 115 Å². The average molecular weight is 856 g/mol. The van der Waals surface area contributed by atoms with E-state index in [-0.39, 0.29) is 36.3 Å². The fourth-order valence-corrected chi connectivity index (χ4v) is 10.3. The van der Waals surface area contributed by atoms with Crippen LogP contribution in [0.2, 0.25) is 0 Å². The molecule has 60 heavy (non-hydrogen) atoms. The SMILES string of the molecule is CCON=C(C(=O)NC1C(=O)N2CC(CCl)(C(=O)OC(c3ccccc3)c3ccccc3)CS[C@H]12)c1csc(NC(c2ccccc2)(c2ccccc2)c2ccccc2)n1. The Morgan fingerprint density at radius 2 is 1.37 bits per heavy atom. The van der Waals surface area contributed by atoms with Gasteiger partial charge in [-0.15, -0.1) is 34.7 Å². The standard InChI is InChI=1S/C47H42ClN5O5S2/c1-2-57-52-38(37-28-59-45(49-37)51-47(34-22-12-5-13-23-34,35-24-14-6-15-25-35)36-26-16-7-17-27-36)41(54)50-39-42(55)53-30-46(29-48,31-60-43(39)53)44(56)58-40(32-18-8-3-9-19-32)33-20-10-4-11-21-33/h3-28,39-40,43H,2,29-31H2,1H3,(H,49,51)(H,50,54)/t39?,43-,46?/m1/s1. The van der Waals surface area contributed by atoms with Crippen LogP contribution in [0.3, 0.4) is 0 Å². The number of rotatable bonds is 15. The number of anilines is 1. The second kappa shape index (κ2) is 18.1. The van der Waals surface area contributed by atoms with Gasteiger partial charge >= 0.3 is 5.97 Å². The van der Waals surface area contributed by atoms with Gasteiger partial charge in [0.2, 0.25) is 5.91 Å². The third kappa shape index (κ3) is 8.02. The van der Waals surface area contributed by atoms with Crippen molar-refractivity contribution in [3.8, 4) is 0 Å². The Bertz CT molecular complexity index is 2310. The molecule has 6 aromatic rings. The lowest BCUT2D eigenvalue weighted by molar-refractivity contribution is -0.164. The normalized spacial score (nSPS) is 18.9. The van der Waals surface area contributed by atoms with Crippen molar-refractivity contribution < 1.29 is 24.0 Å². The Morgan fingerprint density at radius 3 is 1.87 bits per heavy atom. The maximum absolute atomic E-state index is 14.1. The number of thioether (sulfide) groups is 1. The van der Waals surface area contributed by atoms with Crippen molar-refractivity contribution in [2.24, 2.45) is 10.6 Å². The van der Waals surface area contributed by atoms with Gasteiger partial charge in [0.25, 0.3) is 5.91 Å². The fraction of sp³-hybridized carbons (Fsp3) is 0.213. The molecule has 2 fully saturated rings. The number of oxime groups is 1. The summed E-state index contributed by atoms with van der Waals surface area (Å²) >= 11 is 9.27. The van der Waals surface area contributed by atoms with Crippen molar-refractivity contribution in [2.45, 2.75) is 30.0 Å². The molecule has 8 rings (SSSR count). The molecule has 2 amide bonds. The minimum absolute atomic E-state index is 0.0475. The first-order valence-electron chi connectivity index (χ1n) is 19.6. The molecular formula is C47H42ClN5O5S2. The quantitative estimate of drug-likeness (QED) is 0.0265. The highest BCUT2D eigenvalue weighted by Crippen LogP contribution is 2.45. The van der Waals surface area contributed by atoms with Crippen molar-refractivity contribution >= 4 is 63.3 Å². The summed E-state index contributed by atoms with van der Waals surface area (Å²) in [5, 5.41) is 12.7. The summed E-state index contributed by atoms with van der Waals surface area (Å²) in [5.41, 5.74) is 2.85. The number of carbonyl (C=O) groups is 3. The number of carbonyl (C=O) groups excluding carboxylic acids is 3. The minimum Gasteiger partial charge on any atom is -0.452 e. The molecule has 3 atom stereocenters. The van der Waals surface area contributed by atoms with Gasteiger partial charge in [0.1, 0.15) is 34.7 Å². The van der Waals surface area contributed by atoms with Crippen LogP contribution in [0.5, 0.6) is 0 Å². The number of halogens is 1. The topological polar surface area (TPSA) is 122 Å². The van der Waals surface area contributed by atoms with Crippen LogP contribution < -0.4 is 10.6 Å². The number of hydrogen-bond acceptors (Lipinski definition) is 10. The molecule has 2 saturated heterocycles. The molecule has 2 unspecified atom stereocenters. The molecule has 2 N–H and O–H groups in total. The minimum atomic E-state index is -1.16. The summed E-state index contributed by atoms with van der Waals surface area (Å²) < 4.78 is 6.23. The second-order valence-electron chi connectivity index (χ2n) is 14.5. The number of fused-ring (bicyclic) bond motifs is 1. The van der Waals surface area contributed by atoms with Crippen molar-refractivity contribution in [2.75, 3.05) is 30.1 Å². The highest BCUT2D eigenvalue weighted by Gasteiger charge is 2.58. The number of nitrogens with one attached hydrogen (secondary N) is 2. The van der Waals surface area contributed by atoms with E-state index in [2.05, 4.69) is 52.2 Å². The Balaban J connectivity index is 1.00. The van der Waals surface area contributed by atoms with Gasteiger partial charge in [0.05, 0.1) is 0 Å². The van der Waals surface area contributed by atoms with Crippen molar-refractivity contribution in [3.05, 3.63) is 191 Å². The number of β-lactam (4-membered cyclic amide) rings is 1. The van der Waals surface area contributed by atoms with E-state index >= 15 is 0 Å². The molecule has 0 saturated carbocycles. The molecular weight excluding hydrogens is 814 g/mol. The summed E-state index contributed by atoms with van der Waals surface area (Å²) in [7, 11) is 0. The van der Waals surface area contributed by atoms with Crippen LogP contribution in [0.4, 0.5) is 5.13 Å². The number of hydrogen-bond donors (Lipinski definition) is 2. The van der Waals surface area contributed by atoms with Crippen LogP contribution in [0.1, 0.15) is 46.5 Å². The van der Waals surface area contributed by atoms with Gasteiger partial charge < -0.3 is 25.1 Å². The van der Waals surface area contributed by atoms with E-state index in [0.29, 0.717) is 10.9 Å². The second-order valence-corrected chi connectivity index (χ2v) is 16.7. The zero-order valence-corrected chi connectivity index (χ0v) is 35.0. The lowest BCUT2D eigenvalue weighted by Crippen LogP contribution is -2.74. The number of esters is 1. The molecule has 10 nitrogen and oxygen atoms in total. The molecule has 304 valence electrons. The lowest BCUT2D eigenvalue weighted by Gasteiger charge is -2.53. The number of ether oxygens (including phenoxy) is 1. The van der Waals surface area contributed by atoms with E-state index in [1.54, 1.807) is 17.2 Å². The maximum Gasteiger partial charge on any atom is 0.316 e. The number of amides is 2. The molecule has 5 aromatic carbocycles. The summed E-state index contributed by atoms with van der Waals surface area (Å²) in [6.45, 7) is 2.04. The van der Waals surface area contributed by atoms with Gasteiger partial charge in [0, 0.05) is 23.6 Å². The summed E-state index contributed by atoms with van der Waals surface area (Å²) in [6.07, 6.45) is -0.655. The Hall–Kier alpha value is -5.95. The number of alkyl halides is 1. The van der Waals surface area contributed by atoms with Crippen LogP contribution in [-0.4, -0.2) is 69.6 Å². The maximum atomic E-state index is 14.1. The van der Waals surface area contributed by atoms with Gasteiger partial charge in [-0.2, -0.15) is 0 Å². The van der Waals surface area contributed by atoms with E-state index < -0.39 is 40.4 Å². The third-order valence-electron chi connectivity index (χ3n) is 10.7. The van der Waals surface area contributed by atoms with Crippen LogP contribution >= 0.6 is 34.7 Å². The molecule has 3 heterocycles. The smallest absolute Gasteiger partial charge is 0.316 e. The van der Waals surface area contributed by atoms with Crippen LogP contribution in [-0.2, 0) is 29.5 Å². The zero-order valence-electron chi connectivity index (χ0n) is 32.6. The Kier molecular flexibility index (Phi) is 12.3. The zero-order chi connectivity index (χ0) is 41.5. The highest BCUT2D eigenvalue weighted by atomic mass is 35.5. The van der Waals surface area contributed by atoms with Gasteiger partial charge in [0.15, 0.2) is 16.9 Å². The monoisotopic (exact) mass is 855 g/mol. The van der Waals surface area contributed by atoms with Gasteiger partial charge in [-0.3, -0.25) is 14.4 Å². The van der Waals surface area contributed by atoms with Crippen molar-refractivity contribution in [1.29, 1.82) is 0 Å². The fourth-order valence-electron chi connectivity index (χ4n) is 7.63. The largest absolute Gasteiger partial charge is 0.452 e. The molecule has 0 spiro atoms.